The van der Waals surface area contributed by atoms with E-state index in [1.54, 1.807) is 44.8 Å². The van der Waals surface area contributed by atoms with Crippen LogP contribution in [0, 0.1) is 5.82 Å². The van der Waals surface area contributed by atoms with Crippen LogP contribution < -0.4 is 10.4 Å². The van der Waals surface area contributed by atoms with Gasteiger partial charge in [0.2, 0.25) is 5.43 Å². The van der Waals surface area contributed by atoms with Crippen molar-refractivity contribution in [3.05, 3.63) is 92.5 Å². The lowest BCUT2D eigenvalue weighted by Gasteiger charge is -2.51. The molecule has 5 heterocycles. The number of fused-ring (bicyclic) bond motifs is 6. The van der Waals surface area contributed by atoms with Crippen LogP contribution in [0.2, 0.25) is 0 Å². The Morgan fingerprint density at radius 3 is 2.83 bits per heavy atom. The van der Waals surface area contributed by atoms with Gasteiger partial charge in [-0.05, 0) is 45.7 Å². The van der Waals surface area contributed by atoms with Gasteiger partial charge in [0.1, 0.15) is 12.0 Å². The number of ether oxygens (including phenoxy) is 1. The van der Waals surface area contributed by atoms with Crippen molar-refractivity contribution in [1.29, 1.82) is 0 Å². The molecule has 4 aromatic rings. The molecular weight excluding hydrogens is 501 g/mol. The van der Waals surface area contributed by atoms with E-state index in [1.165, 1.54) is 18.3 Å². The molecule has 1 saturated heterocycles. The maximum Gasteiger partial charge on any atom is 0.278 e. The fourth-order valence-electron chi connectivity index (χ4n) is 5.49. The summed E-state index contributed by atoms with van der Waals surface area (Å²) in [6.07, 6.45) is 1.05. The van der Waals surface area contributed by atoms with E-state index < -0.39 is 29.3 Å². The second-order valence-corrected chi connectivity index (χ2v) is 10.9. The maximum atomic E-state index is 14.4. The molecule has 7 nitrogen and oxygen atoms in total. The summed E-state index contributed by atoms with van der Waals surface area (Å²) in [5.74, 6) is -0.703. The van der Waals surface area contributed by atoms with E-state index >= 15 is 0 Å². The SMILES string of the molecule is O=C1c2c(O)c(=O)ccn2N([C@H]2c3ccc(F)cc3CSc3c2ccc2ccsc32)[C@@H]2COCCN12. The molecule has 2 aromatic heterocycles. The smallest absolute Gasteiger partial charge is 0.278 e. The minimum absolute atomic E-state index is 0.0695. The van der Waals surface area contributed by atoms with Gasteiger partial charge >= 0.3 is 0 Å². The number of thiophene rings is 1. The number of halogens is 1. The highest BCUT2D eigenvalue weighted by Crippen LogP contribution is 2.47. The van der Waals surface area contributed by atoms with Crippen molar-refractivity contribution in [3.63, 3.8) is 0 Å². The number of morpholine rings is 1. The van der Waals surface area contributed by atoms with Crippen molar-refractivity contribution in [1.82, 2.24) is 9.58 Å². The first-order valence-corrected chi connectivity index (χ1v) is 13.4. The number of carbonyl (C=O) groups is 1. The van der Waals surface area contributed by atoms with Gasteiger partial charge in [-0.15, -0.1) is 23.1 Å². The van der Waals surface area contributed by atoms with Gasteiger partial charge in [0.25, 0.3) is 5.91 Å². The van der Waals surface area contributed by atoms with Crippen LogP contribution in [0.25, 0.3) is 10.1 Å². The zero-order valence-electron chi connectivity index (χ0n) is 18.9. The van der Waals surface area contributed by atoms with E-state index in [0.29, 0.717) is 18.9 Å². The van der Waals surface area contributed by atoms with E-state index in [9.17, 15) is 19.1 Å². The van der Waals surface area contributed by atoms with Crippen LogP contribution in [0.5, 0.6) is 5.75 Å². The van der Waals surface area contributed by atoms with Crippen LogP contribution in [-0.4, -0.2) is 46.5 Å². The highest BCUT2D eigenvalue weighted by Gasteiger charge is 2.46. The van der Waals surface area contributed by atoms with Crippen molar-refractivity contribution in [2.75, 3.05) is 24.8 Å². The second kappa shape index (κ2) is 8.09. The number of benzene rings is 2. The third-order valence-electron chi connectivity index (χ3n) is 7.11. The maximum absolute atomic E-state index is 14.4. The van der Waals surface area contributed by atoms with Crippen LogP contribution in [0.15, 0.2) is 63.7 Å². The number of amides is 1. The summed E-state index contributed by atoms with van der Waals surface area (Å²) in [7, 11) is 0. The Morgan fingerprint density at radius 2 is 1.94 bits per heavy atom. The van der Waals surface area contributed by atoms with Gasteiger partial charge in [0, 0.05) is 34.2 Å². The Bertz CT molecular complexity index is 1620. The molecule has 36 heavy (non-hydrogen) atoms. The van der Waals surface area contributed by atoms with E-state index in [2.05, 4.69) is 23.6 Å². The Hall–Kier alpha value is -3.34. The molecule has 2 atom stereocenters. The number of carbonyl (C=O) groups excluding carboxylic acids is 1. The Balaban J connectivity index is 1.55. The predicted octanol–water partition coefficient (Wildman–Crippen LogP) is 4.05. The highest BCUT2D eigenvalue weighted by molar-refractivity contribution is 7.99. The zero-order valence-corrected chi connectivity index (χ0v) is 20.5. The molecule has 182 valence electrons. The number of hydrogen-bond acceptors (Lipinski definition) is 7. The number of thioether (sulfide) groups is 1. The third-order valence-corrected chi connectivity index (χ3v) is 9.37. The van der Waals surface area contributed by atoms with Gasteiger partial charge in [-0.3, -0.25) is 19.3 Å². The van der Waals surface area contributed by atoms with Crippen molar-refractivity contribution in [3.8, 4) is 5.75 Å². The van der Waals surface area contributed by atoms with Crippen molar-refractivity contribution in [2.24, 2.45) is 0 Å². The van der Waals surface area contributed by atoms with E-state index in [4.69, 9.17) is 4.74 Å². The summed E-state index contributed by atoms with van der Waals surface area (Å²) in [6.45, 7) is 0.953. The van der Waals surface area contributed by atoms with E-state index in [0.717, 1.165) is 31.7 Å². The molecule has 7 rings (SSSR count). The lowest BCUT2D eigenvalue weighted by molar-refractivity contribution is -0.0197. The molecule has 0 saturated carbocycles. The average molecular weight is 522 g/mol. The molecule has 3 aliphatic heterocycles. The van der Waals surface area contributed by atoms with Crippen molar-refractivity contribution in [2.45, 2.75) is 22.9 Å². The highest BCUT2D eigenvalue weighted by atomic mass is 32.2. The van der Waals surface area contributed by atoms with Crippen LogP contribution in [-0.2, 0) is 10.5 Å². The van der Waals surface area contributed by atoms with Gasteiger partial charge in [0.15, 0.2) is 11.4 Å². The molecule has 0 unspecified atom stereocenters. The fourth-order valence-corrected chi connectivity index (χ4v) is 7.80. The Labute approximate surface area is 213 Å². The number of aromatic hydroxyl groups is 1. The molecule has 3 aliphatic rings. The van der Waals surface area contributed by atoms with Gasteiger partial charge < -0.3 is 14.7 Å². The summed E-state index contributed by atoms with van der Waals surface area (Å²) >= 11 is 3.34. The summed E-state index contributed by atoms with van der Waals surface area (Å²) in [5, 5.41) is 15.9. The average Bonchev–Trinajstić information content (AvgIpc) is 3.31. The first-order valence-electron chi connectivity index (χ1n) is 11.6. The number of nitrogens with zero attached hydrogens (tertiary/aromatic N) is 3. The summed E-state index contributed by atoms with van der Waals surface area (Å²) in [5.41, 5.74) is 2.10. The van der Waals surface area contributed by atoms with E-state index in [-0.39, 0.29) is 18.1 Å². The molecule has 1 amide bonds. The molecule has 10 heteroatoms. The Morgan fingerprint density at radius 1 is 1.08 bits per heavy atom. The molecule has 2 aromatic carbocycles. The van der Waals surface area contributed by atoms with Crippen LogP contribution >= 0.6 is 23.1 Å². The molecular formula is C26H20FN3O4S2. The first kappa shape index (κ1) is 21.9. The fraction of sp³-hybridized carbons (Fsp3) is 0.231. The molecule has 0 spiro atoms. The van der Waals surface area contributed by atoms with E-state index in [1.807, 2.05) is 5.01 Å². The molecule has 0 aliphatic carbocycles. The normalized spacial score (nSPS) is 21.0. The minimum atomic E-state index is -0.610. The van der Waals surface area contributed by atoms with Crippen molar-refractivity contribution < 1.29 is 19.0 Å². The first-order chi connectivity index (χ1) is 17.5. The standard InChI is InChI=1S/C26H20FN3O4S2/c27-16-2-4-17-15(11-16)13-36-25-18(3-1-14-6-10-35-24(14)25)21(17)30-20-12-34-9-8-28(20)26(33)22-23(32)19(31)5-7-29(22)30/h1-7,10-11,20-21,32H,8-9,12-13H2/t20-,21+/m1/s1. The van der Waals surface area contributed by atoms with Gasteiger partial charge in [-0.1, -0.05) is 18.2 Å². The quantitative estimate of drug-likeness (QED) is 0.407. The lowest BCUT2D eigenvalue weighted by Crippen LogP contribution is -2.66. The van der Waals surface area contributed by atoms with Crippen LogP contribution in [0.1, 0.15) is 33.2 Å². The third kappa shape index (κ3) is 3.07. The molecule has 1 fully saturated rings. The number of hydrogen-bond donors (Lipinski definition) is 1. The minimum Gasteiger partial charge on any atom is -0.502 e. The molecule has 0 bridgehead atoms. The van der Waals surface area contributed by atoms with Gasteiger partial charge in [-0.2, -0.15) is 0 Å². The number of rotatable bonds is 1. The monoisotopic (exact) mass is 521 g/mol. The summed E-state index contributed by atoms with van der Waals surface area (Å²) in [4.78, 5) is 28.6. The number of pyridine rings is 1. The van der Waals surface area contributed by atoms with Gasteiger partial charge in [0.05, 0.1) is 19.3 Å². The van der Waals surface area contributed by atoms with Gasteiger partial charge in [-0.25, -0.2) is 4.39 Å². The number of aromatic nitrogens is 1. The lowest BCUT2D eigenvalue weighted by atomic mass is 9.93. The molecule has 0 radical (unpaired) electrons. The predicted molar refractivity (Wildman–Crippen MR) is 136 cm³/mol. The Kier molecular flexibility index (Phi) is 4.92. The van der Waals surface area contributed by atoms with Crippen LogP contribution in [0.4, 0.5) is 4.39 Å². The largest absolute Gasteiger partial charge is 0.502 e. The molecule has 1 N–H and O–H groups in total. The van der Waals surface area contributed by atoms with Crippen molar-refractivity contribution >= 4 is 39.1 Å². The summed E-state index contributed by atoms with van der Waals surface area (Å²) < 4.78 is 23.0. The second-order valence-electron chi connectivity index (χ2n) is 9.01. The topological polar surface area (TPSA) is 75.0 Å². The zero-order chi connectivity index (χ0) is 24.6. The summed E-state index contributed by atoms with van der Waals surface area (Å²) in [6, 6.07) is 11.9. The van der Waals surface area contributed by atoms with Crippen LogP contribution in [0.3, 0.4) is 0 Å².